The lowest BCUT2D eigenvalue weighted by molar-refractivity contribution is -0.143. The molecule has 0 amide bonds. The molecular formula is C23H25NO3S. The van der Waals surface area contributed by atoms with Crippen molar-refractivity contribution >= 4 is 27.4 Å². The van der Waals surface area contributed by atoms with Gasteiger partial charge >= 0.3 is 5.97 Å². The van der Waals surface area contributed by atoms with Crippen molar-refractivity contribution in [3.05, 3.63) is 65.0 Å². The Morgan fingerprint density at radius 1 is 1.25 bits per heavy atom. The van der Waals surface area contributed by atoms with Crippen LogP contribution in [0.25, 0.3) is 10.1 Å². The summed E-state index contributed by atoms with van der Waals surface area (Å²) in [6, 6.07) is 18.9. The van der Waals surface area contributed by atoms with E-state index in [1.165, 1.54) is 15.0 Å². The van der Waals surface area contributed by atoms with Crippen LogP contribution in [0.2, 0.25) is 0 Å². The summed E-state index contributed by atoms with van der Waals surface area (Å²) in [6.07, 6.45) is 1.66. The Labute approximate surface area is 169 Å². The zero-order valence-electron chi connectivity index (χ0n) is 16.0. The van der Waals surface area contributed by atoms with Crippen LogP contribution in [-0.2, 0) is 4.79 Å². The van der Waals surface area contributed by atoms with E-state index in [1.54, 1.807) is 11.3 Å². The fraction of sp³-hybridized carbons (Fsp3) is 0.348. The highest BCUT2D eigenvalue weighted by Gasteiger charge is 2.32. The van der Waals surface area contributed by atoms with Crippen molar-refractivity contribution < 1.29 is 14.6 Å². The fourth-order valence-electron chi connectivity index (χ4n) is 4.08. The van der Waals surface area contributed by atoms with Gasteiger partial charge in [0.05, 0.1) is 18.6 Å². The van der Waals surface area contributed by atoms with E-state index in [2.05, 4.69) is 47.4 Å². The molecule has 28 heavy (non-hydrogen) atoms. The first-order chi connectivity index (χ1) is 13.7. The number of hydrogen-bond donors (Lipinski definition) is 1. The van der Waals surface area contributed by atoms with Gasteiger partial charge in [-0.1, -0.05) is 30.3 Å². The minimum Gasteiger partial charge on any atom is -0.494 e. The van der Waals surface area contributed by atoms with E-state index in [1.807, 2.05) is 19.1 Å². The highest BCUT2D eigenvalue weighted by molar-refractivity contribution is 7.19. The monoisotopic (exact) mass is 395 g/mol. The molecule has 0 saturated carbocycles. The summed E-state index contributed by atoms with van der Waals surface area (Å²) in [5.74, 6) is -0.138. The Morgan fingerprint density at radius 2 is 2.11 bits per heavy atom. The molecule has 1 aliphatic rings. The van der Waals surface area contributed by atoms with Gasteiger partial charge in [-0.05, 0) is 61.5 Å². The molecule has 1 fully saturated rings. The maximum Gasteiger partial charge on any atom is 0.307 e. The van der Waals surface area contributed by atoms with Crippen molar-refractivity contribution in [2.45, 2.75) is 25.8 Å². The second kappa shape index (κ2) is 8.33. The maximum absolute atomic E-state index is 11.6. The summed E-state index contributed by atoms with van der Waals surface area (Å²) in [5, 5.41) is 10.8. The van der Waals surface area contributed by atoms with Crippen LogP contribution in [0.4, 0.5) is 0 Å². The molecule has 5 heteroatoms. The Balaban J connectivity index is 1.76. The molecule has 0 spiro atoms. The van der Waals surface area contributed by atoms with Gasteiger partial charge in [-0.3, -0.25) is 9.69 Å². The van der Waals surface area contributed by atoms with Gasteiger partial charge in [-0.15, -0.1) is 11.3 Å². The SMILES string of the molecule is CCOc1cccc(C(c2cc3ccccc3s2)N2CCCC(C(=O)O)C2)c1. The number of likely N-dealkylation sites (tertiary alicyclic amines) is 1. The first-order valence-corrected chi connectivity index (χ1v) is 10.7. The van der Waals surface area contributed by atoms with Crippen LogP contribution in [0.1, 0.15) is 36.2 Å². The topological polar surface area (TPSA) is 49.8 Å². The molecule has 0 radical (unpaired) electrons. The number of carbonyl (C=O) groups is 1. The third kappa shape index (κ3) is 3.91. The zero-order chi connectivity index (χ0) is 19.5. The van der Waals surface area contributed by atoms with Crippen molar-refractivity contribution in [1.82, 2.24) is 4.90 Å². The molecule has 2 aromatic carbocycles. The molecule has 1 N–H and O–H groups in total. The number of thiophene rings is 1. The summed E-state index contributed by atoms with van der Waals surface area (Å²) in [4.78, 5) is 15.2. The van der Waals surface area contributed by atoms with E-state index < -0.39 is 5.97 Å². The lowest BCUT2D eigenvalue weighted by atomic mass is 9.94. The van der Waals surface area contributed by atoms with Crippen LogP contribution < -0.4 is 4.74 Å². The fourth-order valence-corrected chi connectivity index (χ4v) is 5.30. The largest absolute Gasteiger partial charge is 0.494 e. The van der Waals surface area contributed by atoms with Crippen LogP contribution in [0, 0.1) is 5.92 Å². The van der Waals surface area contributed by atoms with E-state index >= 15 is 0 Å². The molecule has 3 aromatic rings. The molecule has 0 aliphatic carbocycles. The summed E-state index contributed by atoms with van der Waals surface area (Å²) < 4.78 is 6.99. The predicted octanol–water partition coefficient (Wildman–Crippen LogP) is 5.19. The number of benzene rings is 2. The van der Waals surface area contributed by atoms with Crippen LogP contribution in [0.5, 0.6) is 5.75 Å². The minimum atomic E-state index is -0.692. The van der Waals surface area contributed by atoms with E-state index in [9.17, 15) is 9.90 Å². The van der Waals surface area contributed by atoms with Crippen LogP contribution in [0.15, 0.2) is 54.6 Å². The quantitative estimate of drug-likeness (QED) is 0.624. The van der Waals surface area contributed by atoms with Gasteiger partial charge in [0.15, 0.2) is 0 Å². The van der Waals surface area contributed by atoms with Crippen LogP contribution >= 0.6 is 11.3 Å². The van der Waals surface area contributed by atoms with Crippen molar-refractivity contribution in [2.24, 2.45) is 5.92 Å². The Kier molecular flexibility index (Phi) is 5.64. The first-order valence-electron chi connectivity index (χ1n) is 9.84. The predicted molar refractivity (Wildman–Crippen MR) is 113 cm³/mol. The summed E-state index contributed by atoms with van der Waals surface area (Å²) in [5.41, 5.74) is 1.16. The van der Waals surface area contributed by atoms with Gasteiger partial charge in [0.2, 0.25) is 0 Å². The van der Waals surface area contributed by atoms with Crippen molar-refractivity contribution in [1.29, 1.82) is 0 Å². The first kappa shape index (κ1) is 19.0. The number of hydrogen-bond acceptors (Lipinski definition) is 4. The van der Waals surface area contributed by atoms with Gasteiger partial charge < -0.3 is 9.84 Å². The molecule has 146 valence electrons. The van der Waals surface area contributed by atoms with Gasteiger partial charge in [-0.2, -0.15) is 0 Å². The van der Waals surface area contributed by atoms with E-state index in [0.29, 0.717) is 13.2 Å². The lowest BCUT2D eigenvalue weighted by Gasteiger charge is -2.37. The van der Waals surface area contributed by atoms with Crippen molar-refractivity contribution in [3.63, 3.8) is 0 Å². The summed E-state index contributed by atoms with van der Waals surface area (Å²) in [7, 11) is 0. The molecule has 2 unspecified atom stereocenters. The van der Waals surface area contributed by atoms with Crippen molar-refractivity contribution in [2.75, 3.05) is 19.7 Å². The third-order valence-corrected chi connectivity index (χ3v) is 6.53. The van der Waals surface area contributed by atoms with Crippen LogP contribution in [-0.4, -0.2) is 35.7 Å². The maximum atomic E-state index is 11.6. The normalized spacial score (nSPS) is 18.8. The van der Waals surface area contributed by atoms with E-state index in [0.717, 1.165) is 30.7 Å². The lowest BCUT2D eigenvalue weighted by Crippen LogP contribution is -2.41. The number of carboxylic acids is 1. The van der Waals surface area contributed by atoms with E-state index in [4.69, 9.17) is 4.74 Å². The Bertz CT molecular complexity index is 934. The second-order valence-electron chi connectivity index (χ2n) is 7.27. The molecular weight excluding hydrogens is 370 g/mol. The highest BCUT2D eigenvalue weighted by atomic mass is 32.1. The van der Waals surface area contributed by atoms with Gasteiger partial charge in [0.1, 0.15) is 5.75 Å². The number of aliphatic carboxylic acids is 1. The number of fused-ring (bicyclic) bond motifs is 1. The van der Waals surface area contributed by atoms with Crippen molar-refractivity contribution in [3.8, 4) is 5.75 Å². The zero-order valence-corrected chi connectivity index (χ0v) is 16.8. The van der Waals surface area contributed by atoms with Crippen LogP contribution in [0.3, 0.4) is 0 Å². The molecule has 2 atom stereocenters. The number of nitrogens with zero attached hydrogens (tertiary/aromatic N) is 1. The number of rotatable bonds is 6. The standard InChI is InChI=1S/C23H25NO3S/c1-2-27-19-10-5-8-17(13-19)22(24-12-6-9-18(15-24)23(25)26)21-14-16-7-3-4-11-20(16)28-21/h3-5,7-8,10-11,13-14,18,22H,2,6,9,12,15H2,1H3,(H,25,26). The van der Waals surface area contributed by atoms with Gasteiger partial charge in [-0.25, -0.2) is 0 Å². The Hall–Kier alpha value is -2.37. The van der Waals surface area contributed by atoms with Gasteiger partial charge in [0, 0.05) is 16.1 Å². The second-order valence-corrected chi connectivity index (χ2v) is 8.38. The molecule has 2 heterocycles. The average molecular weight is 396 g/mol. The minimum absolute atomic E-state index is 0.0416. The van der Waals surface area contributed by atoms with E-state index in [-0.39, 0.29) is 12.0 Å². The molecule has 4 rings (SSSR count). The Morgan fingerprint density at radius 3 is 2.89 bits per heavy atom. The third-order valence-electron chi connectivity index (χ3n) is 5.37. The number of piperidine rings is 1. The molecule has 1 aliphatic heterocycles. The smallest absolute Gasteiger partial charge is 0.307 e. The molecule has 1 aromatic heterocycles. The average Bonchev–Trinajstić information content (AvgIpc) is 3.12. The highest BCUT2D eigenvalue weighted by Crippen LogP contribution is 2.39. The number of ether oxygens (including phenoxy) is 1. The summed E-state index contributed by atoms with van der Waals surface area (Å²) in [6.45, 7) is 4.09. The summed E-state index contributed by atoms with van der Waals surface area (Å²) >= 11 is 1.79. The molecule has 4 nitrogen and oxygen atoms in total. The van der Waals surface area contributed by atoms with Gasteiger partial charge in [0.25, 0.3) is 0 Å². The number of carboxylic acid groups (broad SMARTS) is 1. The molecule has 1 saturated heterocycles. The molecule has 0 bridgehead atoms.